The van der Waals surface area contributed by atoms with Crippen molar-refractivity contribution in [2.24, 2.45) is 0 Å². The third-order valence-corrected chi connectivity index (χ3v) is 2.01. The van der Waals surface area contributed by atoms with Gasteiger partial charge in [0.05, 0.1) is 0 Å². The summed E-state index contributed by atoms with van der Waals surface area (Å²) in [5.74, 6) is -1.43. The quantitative estimate of drug-likeness (QED) is 0.497. The molecule has 1 N–H and O–H groups in total. The number of carbonyl (C=O) groups excluding carboxylic acids is 3. The minimum absolute atomic E-state index is 0.128. The summed E-state index contributed by atoms with van der Waals surface area (Å²) in [6.45, 7) is 0.691. The first kappa shape index (κ1) is 11.6. The van der Waals surface area contributed by atoms with E-state index < -0.39 is 17.8 Å². The fourth-order valence-electron chi connectivity index (χ4n) is 1.21. The van der Waals surface area contributed by atoms with Crippen molar-refractivity contribution in [2.75, 3.05) is 13.6 Å². The molecule has 0 aliphatic carbocycles. The Morgan fingerprint density at radius 1 is 1.40 bits per heavy atom. The lowest BCUT2D eigenvalue weighted by Crippen LogP contribution is -2.32. The van der Waals surface area contributed by atoms with Crippen LogP contribution in [-0.4, -0.2) is 36.4 Å². The number of hydroxylamine groups is 2. The van der Waals surface area contributed by atoms with Gasteiger partial charge in [0.1, 0.15) is 0 Å². The number of hydrogen-bond acceptors (Lipinski definition) is 5. The number of nitrogens with zero attached hydrogens (tertiary/aromatic N) is 1. The zero-order chi connectivity index (χ0) is 11.3. The second-order valence-electron chi connectivity index (χ2n) is 3.25. The topological polar surface area (TPSA) is 75.7 Å². The van der Waals surface area contributed by atoms with E-state index >= 15 is 0 Å². The molecule has 0 spiro atoms. The van der Waals surface area contributed by atoms with E-state index in [0.717, 1.165) is 0 Å². The predicted octanol–water partition coefficient (Wildman–Crippen LogP) is -0.407. The Balaban J connectivity index is 2.31. The van der Waals surface area contributed by atoms with Gasteiger partial charge in [0.25, 0.3) is 11.8 Å². The molecule has 0 unspecified atom stereocenters. The van der Waals surface area contributed by atoms with Gasteiger partial charge in [-0.05, 0) is 20.0 Å². The Bertz CT molecular complexity index is 261. The first-order valence-electron chi connectivity index (χ1n) is 4.86. The third kappa shape index (κ3) is 3.32. The van der Waals surface area contributed by atoms with Gasteiger partial charge < -0.3 is 10.2 Å². The van der Waals surface area contributed by atoms with Crippen LogP contribution in [0.2, 0.25) is 0 Å². The molecule has 84 valence electrons. The molecule has 1 aliphatic rings. The zero-order valence-electron chi connectivity index (χ0n) is 8.62. The number of hydrogen-bond donors (Lipinski definition) is 1. The summed E-state index contributed by atoms with van der Waals surface area (Å²) >= 11 is 0. The van der Waals surface area contributed by atoms with Gasteiger partial charge in [-0.3, -0.25) is 9.59 Å². The van der Waals surface area contributed by atoms with Gasteiger partial charge in [0, 0.05) is 19.3 Å². The maximum Gasteiger partial charge on any atom is 0.333 e. The van der Waals surface area contributed by atoms with E-state index in [9.17, 15) is 14.4 Å². The first-order chi connectivity index (χ1) is 7.15. The van der Waals surface area contributed by atoms with Crippen molar-refractivity contribution in [1.82, 2.24) is 10.4 Å². The molecule has 0 aromatic carbocycles. The van der Waals surface area contributed by atoms with Gasteiger partial charge in [-0.25, -0.2) is 4.79 Å². The zero-order valence-corrected chi connectivity index (χ0v) is 8.62. The van der Waals surface area contributed by atoms with Gasteiger partial charge in [-0.2, -0.15) is 0 Å². The second kappa shape index (κ2) is 5.45. The molecule has 2 amide bonds. The normalized spacial score (nSPS) is 15.9. The lowest BCUT2D eigenvalue weighted by Gasteiger charge is -2.12. The highest BCUT2D eigenvalue weighted by Gasteiger charge is 2.32. The Kier molecular flexibility index (Phi) is 4.23. The van der Waals surface area contributed by atoms with Crippen LogP contribution in [0.15, 0.2) is 0 Å². The van der Waals surface area contributed by atoms with E-state index in [1.54, 1.807) is 7.05 Å². The molecule has 15 heavy (non-hydrogen) atoms. The largest absolute Gasteiger partial charge is 0.333 e. The minimum atomic E-state index is -0.547. The maximum absolute atomic E-state index is 11.2. The van der Waals surface area contributed by atoms with E-state index in [1.165, 1.54) is 0 Å². The highest BCUT2D eigenvalue weighted by Crippen LogP contribution is 2.12. The van der Waals surface area contributed by atoms with Crippen LogP contribution in [0.4, 0.5) is 0 Å². The molecule has 0 bridgehead atoms. The lowest BCUT2D eigenvalue weighted by atomic mass is 10.3. The summed E-state index contributed by atoms with van der Waals surface area (Å²) < 4.78 is 0. The molecule has 6 nitrogen and oxygen atoms in total. The molecule has 1 rings (SSSR count). The van der Waals surface area contributed by atoms with Gasteiger partial charge in [-0.15, -0.1) is 5.06 Å². The van der Waals surface area contributed by atoms with Crippen molar-refractivity contribution in [3.8, 4) is 0 Å². The SMILES string of the molecule is CNCCCC(=O)ON1C(=O)CCC1=O. The first-order valence-corrected chi connectivity index (χ1v) is 4.86. The predicted molar refractivity (Wildman–Crippen MR) is 50.3 cm³/mol. The van der Waals surface area contributed by atoms with Crippen molar-refractivity contribution in [3.05, 3.63) is 0 Å². The van der Waals surface area contributed by atoms with Crippen molar-refractivity contribution in [3.63, 3.8) is 0 Å². The highest BCUT2D eigenvalue weighted by molar-refractivity contribution is 6.01. The molecule has 0 aromatic rings. The minimum Gasteiger partial charge on any atom is -0.330 e. The van der Waals surface area contributed by atoms with Crippen LogP contribution in [0.1, 0.15) is 25.7 Å². The number of imide groups is 1. The summed E-state index contributed by atoms with van der Waals surface area (Å²) in [6, 6.07) is 0. The third-order valence-electron chi connectivity index (χ3n) is 2.01. The lowest BCUT2D eigenvalue weighted by molar-refractivity contribution is -0.197. The van der Waals surface area contributed by atoms with Crippen LogP contribution in [0.25, 0.3) is 0 Å². The molecular formula is C9H14N2O4. The second-order valence-corrected chi connectivity index (χ2v) is 3.25. The average Bonchev–Trinajstić information content (AvgIpc) is 2.50. The summed E-state index contributed by atoms with van der Waals surface area (Å²) in [6.07, 6.45) is 1.06. The van der Waals surface area contributed by atoms with Gasteiger partial charge in [0.2, 0.25) is 0 Å². The standard InChI is InChI=1S/C9H14N2O4/c1-10-6-2-3-9(14)15-11-7(12)4-5-8(11)13/h10H,2-6H2,1H3. The summed E-state index contributed by atoms with van der Waals surface area (Å²) in [7, 11) is 1.78. The van der Waals surface area contributed by atoms with Crippen LogP contribution < -0.4 is 5.32 Å². The smallest absolute Gasteiger partial charge is 0.330 e. The Morgan fingerprint density at radius 3 is 2.53 bits per heavy atom. The van der Waals surface area contributed by atoms with E-state index in [4.69, 9.17) is 0 Å². The van der Waals surface area contributed by atoms with Crippen LogP contribution in [-0.2, 0) is 19.2 Å². The maximum atomic E-state index is 11.2. The van der Waals surface area contributed by atoms with E-state index in [-0.39, 0.29) is 19.3 Å². The molecule has 1 fully saturated rings. The molecule has 1 aliphatic heterocycles. The molecular weight excluding hydrogens is 200 g/mol. The van der Waals surface area contributed by atoms with E-state index in [0.29, 0.717) is 18.0 Å². The highest BCUT2D eigenvalue weighted by atomic mass is 16.7. The molecule has 0 saturated carbocycles. The van der Waals surface area contributed by atoms with E-state index in [2.05, 4.69) is 10.2 Å². The number of nitrogens with one attached hydrogen (secondary N) is 1. The average molecular weight is 214 g/mol. The van der Waals surface area contributed by atoms with Crippen molar-refractivity contribution < 1.29 is 19.2 Å². The van der Waals surface area contributed by atoms with Crippen LogP contribution in [0.5, 0.6) is 0 Å². The fraction of sp³-hybridized carbons (Fsp3) is 0.667. The Hall–Kier alpha value is -1.43. The van der Waals surface area contributed by atoms with Crippen molar-refractivity contribution >= 4 is 17.8 Å². The number of carbonyl (C=O) groups is 3. The Morgan fingerprint density at radius 2 is 2.00 bits per heavy atom. The van der Waals surface area contributed by atoms with Gasteiger partial charge in [0.15, 0.2) is 0 Å². The Labute approximate surface area is 87.5 Å². The molecule has 0 aromatic heterocycles. The number of amides is 2. The van der Waals surface area contributed by atoms with Crippen LogP contribution in [0.3, 0.4) is 0 Å². The molecule has 1 saturated heterocycles. The molecule has 0 atom stereocenters. The van der Waals surface area contributed by atoms with Crippen LogP contribution in [0, 0.1) is 0 Å². The van der Waals surface area contributed by atoms with Crippen molar-refractivity contribution in [1.29, 1.82) is 0 Å². The summed E-state index contributed by atoms with van der Waals surface area (Å²) in [4.78, 5) is 38.0. The number of rotatable bonds is 5. The molecule has 0 radical (unpaired) electrons. The van der Waals surface area contributed by atoms with Gasteiger partial charge in [-0.1, -0.05) is 0 Å². The fourth-order valence-corrected chi connectivity index (χ4v) is 1.21. The monoisotopic (exact) mass is 214 g/mol. The molecule has 6 heteroatoms. The molecule has 1 heterocycles. The van der Waals surface area contributed by atoms with Crippen molar-refractivity contribution in [2.45, 2.75) is 25.7 Å². The van der Waals surface area contributed by atoms with E-state index in [1.807, 2.05) is 0 Å². The van der Waals surface area contributed by atoms with Gasteiger partial charge >= 0.3 is 5.97 Å². The summed E-state index contributed by atoms with van der Waals surface area (Å²) in [5, 5.41) is 3.45. The van der Waals surface area contributed by atoms with Crippen LogP contribution >= 0.6 is 0 Å². The summed E-state index contributed by atoms with van der Waals surface area (Å²) in [5.41, 5.74) is 0.